The zero-order chi connectivity index (χ0) is 15.3. The van der Waals surface area contributed by atoms with Crippen molar-refractivity contribution in [3.63, 3.8) is 0 Å². The van der Waals surface area contributed by atoms with Gasteiger partial charge < -0.3 is 15.4 Å². The number of hydrogen-bond donors (Lipinski definition) is 1. The van der Waals surface area contributed by atoms with E-state index in [0.717, 1.165) is 11.3 Å². The quantitative estimate of drug-likeness (QED) is 0.898. The van der Waals surface area contributed by atoms with Crippen LogP contribution in [0.1, 0.15) is 26.3 Å². The summed E-state index contributed by atoms with van der Waals surface area (Å²) in [6.45, 7) is 8.90. The lowest BCUT2D eigenvalue weighted by Crippen LogP contribution is -2.49. The van der Waals surface area contributed by atoms with Crippen molar-refractivity contribution >= 4 is 5.91 Å². The van der Waals surface area contributed by atoms with Crippen molar-refractivity contribution in [2.75, 3.05) is 20.2 Å². The van der Waals surface area contributed by atoms with Crippen LogP contribution in [0.2, 0.25) is 0 Å². The second-order valence-corrected chi connectivity index (χ2v) is 6.27. The van der Waals surface area contributed by atoms with Crippen LogP contribution in [-0.2, 0) is 4.79 Å². The number of nitrogens with zero attached hydrogens (tertiary/aromatic N) is 1. The molecule has 0 saturated heterocycles. The highest BCUT2D eigenvalue weighted by atomic mass is 16.5. The van der Waals surface area contributed by atoms with Crippen LogP contribution in [0.15, 0.2) is 24.3 Å². The Morgan fingerprint density at radius 1 is 1.40 bits per heavy atom. The summed E-state index contributed by atoms with van der Waals surface area (Å²) in [5.74, 6) is 0.774. The van der Waals surface area contributed by atoms with Gasteiger partial charge in [-0.25, -0.2) is 0 Å². The monoisotopic (exact) mass is 278 g/mol. The number of carbonyl (C=O) groups excluding carboxylic acids is 1. The average molecular weight is 278 g/mol. The summed E-state index contributed by atoms with van der Waals surface area (Å²) in [5.41, 5.74) is 6.89. The number of likely N-dealkylation sites (N-methyl/N-ethyl adjacent to an activating group) is 1. The van der Waals surface area contributed by atoms with E-state index in [1.807, 2.05) is 52.0 Å². The van der Waals surface area contributed by atoms with Gasteiger partial charge in [-0.05, 0) is 30.0 Å². The number of aryl methyl sites for hydroxylation is 1. The molecule has 112 valence electrons. The largest absolute Gasteiger partial charge is 0.492 e. The van der Waals surface area contributed by atoms with E-state index in [9.17, 15) is 4.79 Å². The Balaban J connectivity index is 2.44. The molecule has 0 aromatic heterocycles. The minimum Gasteiger partial charge on any atom is -0.492 e. The number of amides is 1. The Hall–Kier alpha value is -1.55. The fourth-order valence-electron chi connectivity index (χ4n) is 1.72. The summed E-state index contributed by atoms with van der Waals surface area (Å²) in [6, 6.07) is 7.37. The van der Waals surface area contributed by atoms with Crippen LogP contribution >= 0.6 is 0 Å². The van der Waals surface area contributed by atoms with Gasteiger partial charge in [-0.2, -0.15) is 0 Å². The number of ether oxygens (including phenoxy) is 1. The lowest BCUT2D eigenvalue weighted by atomic mass is 9.86. The molecule has 2 N–H and O–H groups in total. The number of carbonyl (C=O) groups is 1. The molecule has 0 aliphatic heterocycles. The molecule has 1 aromatic carbocycles. The third-order valence-electron chi connectivity index (χ3n) is 3.26. The minimum atomic E-state index is -0.494. The fourth-order valence-corrected chi connectivity index (χ4v) is 1.72. The van der Waals surface area contributed by atoms with Crippen molar-refractivity contribution in [1.29, 1.82) is 0 Å². The predicted octanol–water partition coefficient (Wildman–Crippen LogP) is 2.21. The zero-order valence-corrected chi connectivity index (χ0v) is 13.1. The zero-order valence-electron chi connectivity index (χ0n) is 13.1. The number of benzene rings is 1. The third kappa shape index (κ3) is 4.85. The summed E-state index contributed by atoms with van der Waals surface area (Å²) < 4.78 is 5.64. The maximum absolute atomic E-state index is 12.1. The maximum atomic E-state index is 12.1. The van der Waals surface area contributed by atoms with E-state index in [2.05, 4.69) is 0 Å². The Kier molecular flexibility index (Phi) is 5.57. The molecular formula is C16H26N2O2. The standard InChI is InChI=1S/C16H26N2O2/c1-12-7-6-8-13(11-12)20-10-9-18(5)15(19)14(17)16(2,3)4/h6-8,11,14H,9-10,17H2,1-5H3. The molecular weight excluding hydrogens is 252 g/mol. The van der Waals surface area contributed by atoms with E-state index < -0.39 is 6.04 Å². The molecule has 0 aliphatic rings. The van der Waals surface area contributed by atoms with E-state index in [1.165, 1.54) is 0 Å². The minimum absolute atomic E-state index is 0.0506. The molecule has 1 aromatic rings. The van der Waals surface area contributed by atoms with Gasteiger partial charge in [-0.15, -0.1) is 0 Å². The van der Waals surface area contributed by atoms with Crippen molar-refractivity contribution in [3.8, 4) is 5.75 Å². The van der Waals surface area contributed by atoms with Crippen LogP contribution in [0, 0.1) is 12.3 Å². The maximum Gasteiger partial charge on any atom is 0.239 e. The lowest BCUT2D eigenvalue weighted by Gasteiger charge is -2.29. The molecule has 0 aliphatic carbocycles. The van der Waals surface area contributed by atoms with Crippen molar-refractivity contribution < 1.29 is 9.53 Å². The molecule has 1 unspecified atom stereocenters. The molecule has 0 fully saturated rings. The van der Waals surface area contributed by atoms with Crippen molar-refractivity contribution in [2.45, 2.75) is 33.7 Å². The molecule has 4 heteroatoms. The summed E-state index contributed by atoms with van der Waals surface area (Å²) in [6.07, 6.45) is 0. The van der Waals surface area contributed by atoms with E-state index in [-0.39, 0.29) is 11.3 Å². The van der Waals surface area contributed by atoms with Gasteiger partial charge in [0.25, 0.3) is 0 Å². The van der Waals surface area contributed by atoms with Crippen LogP contribution in [0.25, 0.3) is 0 Å². The SMILES string of the molecule is Cc1cccc(OCCN(C)C(=O)C(N)C(C)(C)C)c1. The first kappa shape index (κ1) is 16.5. The molecule has 0 heterocycles. The molecule has 0 bridgehead atoms. The highest BCUT2D eigenvalue weighted by Gasteiger charge is 2.29. The Morgan fingerprint density at radius 2 is 2.05 bits per heavy atom. The van der Waals surface area contributed by atoms with E-state index >= 15 is 0 Å². The highest BCUT2D eigenvalue weighted by Crippen LogP contribution is 2.18. The molecule has 4 nitrogen and oxygen atoms in total. The number of hydrogen-bond acceptors (Lipinski definition) is 3. The van der Waals surface area contributed by atoms with E-state index in [4.69, 9.17) is 10.5 Å². The molecule has 20 heavy (non-hydrogen) atoms. The van der Waals surface area contributed by atoms with E-state index in [1.54, 1.807) is 11.9 Å². The topological polar surface area (TPSA) is 55.6 Å². The summed E-state index contributed by atoms with van der Waals surface area (Å²) in [7, 11) is 1.76. The van der Waals surface area contributed by atoms with Crippen molar-refractivity contribution in [2.24, 2.45) is 11.1 Å². The second kappa shape index (κ2) is 6.75. The van der Waals surface area contributed by atoms with E-state index in [0.29, 0.717) is 13.2 Å². The fraction of sp³-hybridized carbons (Fsp3) is 0.562. The molecule has 1 amide bonds. The smallest absolute Gasteiger partial charge is 0.239 e. The lowest BCUT2D eigenvalue weighted by molar-refractivity contribution is -0.133. The average Bonchev–Trinajstić information content (AvgIpc) is 2.35. The number of nitrogens with two attached hydrogens (primary N) is 1. The van der Waals surface area contributed by atoms with Crippen LogP contribution < -0.4 is 10.5 Å². The van der Waals surface area contributed by atoms with Crippen molar-refractivity contribution in [1.82, 2.24) is 4.90 Å². The first-order valence-electron chi connectivity index (χ1n) is 6.92. The Bertz CT molecular complexity index is 452. The van der Waals surface area contributed by atoms with Gasteiger partial charge in [-0.3, -0.25) is 4.79 Å². The Labute approximate surface area is 121 Å². The van der Waals surface area contributed by atoms with Crippen LogP contribution in [0.4, 0.5) is 0 Å². The van der Waals surface area contributed by atoms with Crippen molar-refractivity contribution in [3.05, 3.63) is 29.8 Å². The summed E-state index contributed by atoms with van der Waals surface area (Å²) in [5, 5.41) is 0. The molecule has 1 atom stereocenters. The van der Waals surface area contributed by atoms with Crippen LogP contribution in [0.5, 0.6) is 5.75 Å². The first-order valence-corrected chi connectivity index (χ1v) is 6.92. The molecule has 0 spiro atoms. The van der Waals surface area contributed by atoms with Crippen LogP contribution in [-0.4, -0.2) is 37.0 Å². The van der Waals surface area contributed by atoms with Gasteiger partial charge in [0.15, 0.2) is 0 Å². The van der Waals surface area contributed by atoms with Gasteiger partial charge in [0.1, 0.15) is 12.4 Å². The van der Waals surface area contributed by atoms with Gasteiger partial charge in [-0.1, -0.05) is 32.9 Å². The van der Waals surface area contributed by atoms with Gasteiger partial charge in [0.05, 0.1) is 12.6 Å². The van der Waals surface area contributed by atoms with Crippen LogP contribution in [0.3, 0.4) is 0 Å². The van der Waals surface area contributed by atoms with Gasteiger partial charge >= 0.3 is 0 Å². The predicted molar refractivity (Wildman–Crippen MR) is 81.7 cm³/mol. The summed E-state index contributed by atoms with van der Waals surface area (Å²) in [4.78, 5) is 13.8. The number of rotatable bonds is 5. The molecule has 1 rings (SSSR count). The van der Waals surface area contributed by atoms with Gasteiger partial charge in [0.2, 0.25) is 5.91 Å². The molecule has 0 radical (unpaired) electrons. The molecule has 0 saturated carbocycles. The summed E-state index contributed by atoms with van der Waals surface area (Å²) >= 11 is 0. The second-order valence-electron chi connectivity index (χ2n) is 6.27. The van der Waals surface area contributed by atoms with Gasteiger partial charge in [0, 0.05) is 7.05 Å². The Morgan fingerprint density at radius 3 is 2.60 bits per heavy atom. The first-order chi connectivity index (χ1) is 9.21. The highest BCUT2D eigenvalue weighted by molar-refractivity contribution is 5.82. The third-order valence-corrected chi connectivity index (χ3v) is 3.26. The normalized spacial score (nSPS) is 12.9.